The molecule has 2 aromatic rings. The molecule has 2 aromatic carbocycles. The maximum absolute atomic E-state index is 2.51. The van der Waals surface area contributed by atoms with Gasteiger partial charge in [-0.3, -0.25) is 0 Å². The Bertz CT molecular complexity index is 856. The monoisotopic (exact) mass is 472 g/mol. The first kappa shape index (κ1) is 20.1. The van der Waals surface area contributed by atoms with Crippen molar-refractivity contribution in [1.82, 2.24) is 0 Å². The summed E-state index contributed by atoms with van der Waals surface area (Å²) in [6, 6.07) is 17.8. The zero-order chi connectivity index (χ0) is 18.1. The van der Waals surface area contributed by atoms with Crippen LogP contribution in [0.1, 0.15) is 44.2 Å². The van der Waals surface area contributed by atoms with Gasteiger partial charge in [-0.2, -0.15) is 4.58 Å². The molecule has 0 saturated carbocycles. The molecule has 0 radical (unpaired) electrons. The third-order valence-corrected chi connectivity index (χ3v) is 5.99. The molecule has 0 bridgehead atoms. The molecule has 2 aliphatic heterocycles. The molecule has 142 valence electrons. The van der Waals surface area contributed by atoms with Crippen LogP contribution in [0.4, 0.5) is 11.4 Å². The Labute approximate surface area is 180 Å². The van der Waals surface area contributed by atoms with Gasteiger partial charge in [0.25, 0.3) is 0 Å². The Hall–Kier alpha value is -1.62. The van der Waals surface area contributed by atoms with Gasteiger partial charge in [0.05, 0.1) is 5.41 Å². The van der Waals surface area contributed by atoms with Crippen LogP contribution in [0.15, 0.2) is 54.6 Å². The first-order chi connectivity index (χ1) is 12.6. The highest BCUT2D eigenvalue weighted by Gasteiger charge is 2.42. The smallest absolute Gasteiger partial charge is 0.209 e. The van der Waals surface area contributed by atoms with Crippen LogP contribution in [-0.2, 0) is 5.41 Å². The number of piperidine rings is 1. The molecule has 2 aliphatic rings. The first-order valence-electron chi connectivity index (χ1n) is 9.81. The average Bonchev–Trinajstić information content (AvgIpc) is 2.88. The van der Waals surface area contributed by atoms with Gasteiger partial charge in [-0.25, -0.2) is 0 Å². The number of halogens is 1. The molecular weight excluding hydrogens is 443 g/mol. The molecule has 2 nitrogen and oxygen atoms in total. The van der Waals surface area contributed by atoms with Gasteiger partial charge < -0.3 is 28.9 Å². The molecule has 1 fully saturated rings. The average molecular weight is 472 g/mol. The van der Waals surface area contributed by atoms with Crippen LogP contribution in [0.2, 0.25) is 0 Å². The third kappa shape index (κ3) is 3.84. The largest absolute Gasteiger partial charge is 1.00 e. The Morgan fingerprint density at radius 3 is 2.22 bits per heavy atom. The Kier molecular flexibility index (Phi) is 6.09. The third-order valence-electron chi connectivity index (χ3n) is 5.99. The normalized spacial score (nSPS) is 18.6. The number of para-hydroxylation sites is 1. The Balaban J connectivity index is 0.00000210. The maximum atomic E-state index is 2.51. The summed E-state index contributed by atoms with van der Waals surface area (Å²) < 4.78 is 2.33. The van der Waals surface area contributed by atoms with Crippen molar-refractivity contribution < 1.29 is 28.6 Å². The van der Waals surface area contributed by atoms with Crippen LogP contribution in [0.5, 0.6) is 0 Å². The second-order valence-electron chi connectivity index (χ2n) is 8.06. The summed E-state index contributed by atoms with van der Waals surface area (Å²) in [6.07, 6.45) is 8.56. The van der Waals surface area contributed by atoms with E-state index in [0.717, 1.165) is 0 Å². The highest BCUT2D eigenvalue weighted by Crippen LogP contribution is 2.39. The second-order valence-corrected chi connectivity index (χ2v) is 8.06. The number of fused-ring (bicyclic) bond motifs is 1. The molecular formula is C24H29IN2. The van der Waals surface area contributed by atoms with Gasteiger partial charge in [0.1, 0.15) is 7.05 Å². The Morgan fingerprint density at radius 1 is 0.889 bits per heavy atom. The number of anilines is 1. The minimum Gasteiger partial charge on any atom is -1.00 e. The van der Waals surface area contributed by atoms with Crippen LogP contribution in [0.25, 0.3) is 6.08 Å². The molecule has 0 atom stereocenters. The standard InChI is InChI=1S/C24H29N2.HI/c1-24(2)21-9-5-6-10-22(21)25(3)23(24)16-13-19-11-14-20(15-12-19)26-17-7-4-8-18-26;/h5-6,9-16H,4,7-8,17-18H2,1-3H3;1H/q+1;/p-1. The number of allylic oxidation sites excluding steroid dienone is 1. The second kappa shape index (κ2) is 8.17. The van der Waals surface area contributed by atoms with E-state index in [1.165, 1.54) is 60.6 Å². The summed E-state index contributed by atoms with van der Waals surface area (Å²) in [5.74, 6) is 0. The fourth-order valence-corrected chi connectivity index (χ4v) is 4.43. The van der Waals surface area contributed by atoms with Crippen molar-refractivity contribution in [2.45, 2.75) is 38.5 Å². The first-order valence-corrected chi connectivity index (χ1v) is 9.81. The predicted molar refractivity (Wildman–Crippen MR) is 112 cm³/mol. The van der Waals surface area contributed by atoms with E-state index in [9.17, 15) is 0 Å². The van der Waals surface area contributed by atoms with E-state index >= 15 is 0 Å². The number of hydrogen-bond donors (Lipinski definition) is 0. The zero-order valence-electron chi connectivity index (χ0n) is 16.6. The van der Waals surface area contributed by atoms with Crippen molar-refractivity contribution in [1.29, 1.82) is 0 Å². The van der Waals surface area contributed by atoms with E-state index in [-0.39, 0.29) is 29.4 Å². The van der Waals surface area contributed by atoms with Gasteiger partial charge in [-0.05, 0) is 56.9 Å². The van der Waals surface area contributed by atoms with E-state index < -0.39 is 0 Å². The lowest BCUT2D eigenvalue weighted by Gasteiger charge is -2.28. The van der Waals surface area contributed by atoms with Crippen molar-refractivity contribution in [3.63, 3.8) is 0 Å². The molecule has 1 saturated heterocycles. The van der Waals surface area contributed by atoms with Crippen LogP contribution < -0.4 is 28.9 Å². The van der Waals surface area contributed by atoms with E-state index in [2.05, 4.69) is 91.1 Å². The quantitative estimate of drug-likeness (QED) is 0.492. The van der Waals surface area contributed by atoms with Crippen molar-refractivity contribution in [2.75, 3.05) is 25.0 Å². The van der Waals surface area contributed by atoms with Crippen molar-refractivity contribution >= 4 is 23.2 Å². The van der Waals surface area contributed by atoms with Gasteiger partial charge in [-0.15, -0.1) is 0 Å². The van der Waals surface area contributed by atoms with Gasteiger partial charge in [0.15, 0.2) is 5.71 Å². The lowest BCUT2D eigenvalue weighted by molar-refractivity contribution is -0.401. The fraction of sp³-hybridized carbons (Fsp3) is 0.375. The van der Waals surface area contributed by atoms with Crippen molar-refractivity contribution in [3.8, 4) is 0 Å². The highest BCUT2D eigenvalue weighted by molar-refractivity contribution is 6.05. The molecule has 27 heavy (non-hydrogen) atoms. The number of hydrogen-bond acceptors (Lipinski definition) is 1. The molecule has 0 aromatic heterocycles. The molecule has 0 aliphatic carbocycles. The predicted octanol–water partition coefficient (Wildman–Crippen LogP) is 2.40. The fourth-order valence-electron chi connectivity index (χ4n) is 4.43. The van der Waals surface area contributed by atoms with Crippen LogP contribution in [0.3, 0.4) is 0 Å². The molecule has 4 rings (SSSR count). The Morgan fingerprint density at radius 2 is 1.56 bits per heavy atom. The number of benzene rings is 2. The minimum absolute atomic E-state index is 0. The van der Waals surface area contributed by atoms with Gasteiger partial charge >= 0.3 is 0 Å². The molecule has 3 heteroatoms. The minimum atomic E-state index is 0. The molecule has 0 unspecified atom stereocenters. The molecule has 0 N–H and O–H groups in total. The number of nitrogens with zero attached hydrogens (tertiary/aromatic N) is 2. The van der Waals surface area contributed by atoms with E-state index in [0.29, 0.717) is 0 Å². The zero-order valence-corrected chi connectivity index (χ0v) is 18.7. The summed E-state index contributed by atoms with van der Waals surface area (Å²) in [6.45, 7) is 7.03. The van der Waals surface area contributed by atoms with Crippen LogP contribution >= 0.6 is 0 Å². The van der Waals surface area contributed by atoms with E-state index in [1.807, 2.05) is 0 Å². The summed E-state index contributed by atoms with van der Waals surface area (Å²) in [7, 11) is 2.17. The van der Waals surface area contributed by atoms with Gasteiger partial charge in [-0.1, -0.05) is 30.3 Å². The lowest BCUT2D eigenvalue weighted by atomic mass is 9.81. The van der Waals surface area contributed by atoms with Gasteiger partial charge in [0, 0.05) is 36.5 Å². The summed E-state index contributed by atoms with van der Waals surface area (Å²) >= 11 is 0. The maximum Gasteiger partial charge on any atom is 0.209 e. The topological polar surface area (TPSA) is 6.25 Å². The van der Waals surface area contributed by atoms with Crippen LogP contribution in [0, 0.1) is 0 Å². The highest BCUT2D eigenvalue weighted by atomic mass is 127. The van der Waals surface area contributed by atoms with Crippen LogP contribution in [-0.4, -0.2) is 30.4 Å². The molecule has 0 spiro atoms. The van der Waals surface area contributed by atoms with E-state index in [4.69, 9.17) is 0 Å². The molecule has 0 amide bonds. The van der Waals surface area contributed by atoms with Gasteiger partial charge in [0.2, 0.25) is 5.69 Å². The summed E-state index contributed by atoms with van der Waals surface area (Å²) in [5, 5.41) is 0. The van der Waals surface area contributed by atoms with Crippen molar-refractivity contribution in [2.24, 2.45) is 0 Å². The molecule has 2 heterocycles. The SMILES string of the molecule is C[N+]1=C(/C=C/c2ccc(N3CCCCC3)cc2)C(C)(C)c2ccccc21.[I-]. The van der Waals surface area contributed by atoms with E-state index in [1.54, 1.807) is 0 Å². The van der Waals surface area contributed by atoms with Crippen molar-refractivity contribution in [3.05, 3.63) is 65.7 Å². The summed E-state index contributed by atoms with van der Waals surface area (Å²) in [5.41, 5.74) is 6.73. The summed E-state index contributed by atoms with van der Waals surface area (Å²) in [4.78, 5) is 2.51. The number of rotatable bonds is 3. The lowest BCUT2D eigenvalue weighted by Crippen LogP contribution is -3.00.